The van der Waals surface area contributed by atoms with Crippen molar-refractivity contribution in [3.05, 3.63) is 23.5 Å². The predicted molar refractivity (Wildman–Crippen MR) is 91.9 cm³/mol. The highest BCUT2D eigenvalue weighted by Gasteiger charge is 2.38. The van der Waals surface area contributed by atoms with E-state index < -0.39 is 0 Å². The van der Waals surface area contributed by atoms with Crippen molar-refractivity contribution in [3.63, 3.8) is 0 Å². The Bertz CT molecular complexity index is 593. The Morgan fingerprint density at radius 1 is 1.30 bits per heavy atom. The average molecular weight is 335 g/mol. The van der Waals surface area contributed by atoms with Crippen LogP contribution in [-0.4, -0.2) is 39.0 Å². The minimum absolute atomic E-state index is 0.0276. The lowest BCUT2D eigenvalue weighted by Gasteiger charge is -2.25. The van der Waals surface area contributed by atoms with E-state index in [0.29, 0.717) is 18.2 Å². The second-order valence-electron chi connectivity index (χ2n) is 6.55. The van der Waals surface area contributed by atoms with Gasteiger partial charge in [0.15, 0.2) is 0 Å². The maximum atomic E-state index is 12.6. The van der Waals surface area contributed by atoms with E-state index in [9.17, 15) is 9.59 Å². The van der Waals surface area contributed by atoms with Gasteiger partial charge in [-0.2, -0.15) is 0 Å². The summed E-state index contributed by atoms with van der Waals surface area (Å²) in [6, 6.07) is 3.76. The van der Waals surface area contributed by atoms with E-state index in [1.54, 1.807) is 16.7 Å². The van der Waals surface area contributed by atoms with Crippen LogP contribution in [0, 0.1) is 12.8 Å². The number of hydrogen-bond donors (Lipinski definition) is 1. The molecular weight excluding hydrogens is 310 g/mol. The number of amides is 2. The smallest absolute Gasteiger partial charge is 0.244 e. The third-order valence-electron chi connectivity index (χ3n) is 5.09. The molecule has 0 radical (unpaired) electrons. The Balaban J connectivity index is 1.59. The Morgan fingerprint density at radius 2 is 2.04 bits per heavy atom. The van der Waals surface area contributed by atoms with Crippen LogP contribution in [0.2, 0.25) is 0 Å². The number of aryl methyl sites for hydroxylation is 1. The lowest BCUT2D eigenvalue weighted by atomic mass is 10.1. The summed E-state index contributed by atoms with van der Waals surface area (Å²) in [7, 11) is 2.00. The summed E-state index contributed by atoms with van der Waals surface area (Å²) in [6.07, 6.45) is 4.25. The van der Waals surface area contributed by atoms with Gasteiger partial charge in [0, 0.05) is 30.1 Å². The lowest BCUT2D eigenvalue weighted by molar-refractivity contribution is -0.141. The number of carbonyl (C=O) groups is 2. The molecule has 23 heavy (non-hydrogen) atoms. The molecule has 5 nitrogen and oxygen atoms in total. The topological polar surface area (TPSA) is 54.3 Å². The molecule has 2 fully saturated rings. The molecule has 1 aromatic rings. The van der Waals surface area contributed by atoms with Crippen molar-refractivity contribution in [2.45, 2.75) is 45.2 Å². The first-order valence-corrected chi connectivity index (χ1v) is 9.50. The van der Waals surface area contributed by atoms with Gasteiger partial charge in [-0.3, -0.25) is 9.59 Å². The van der Waals surface area contributed by atoms with Crippen molar-refractivity contribution < 1.29 is 9.59 Å². The van der Waals surface area contributed by atoms with Gasteiger partial charge in [-0.1, -0.05) is 12.8 Å². The van der Waals surface area contributed by atoms with Crippen LogP contribution in [0.5, 0.6) is 0 Å². The van der Waals surface area contributed by atoms with Crippen LogP contribution in [0.25, 0.3) is 0 Å². The van der Waals surface area contributed by atoms with Gasteiger partial charge in [-0.15, -0.1) is 11.8 Å². The summed E-state index contributed by atoms with van der Waals surface area (Å²) in [6.45, 7) is 2.55. The van der Waals surface area contributed by atoms with Crippen LogP contribution in [-0.2, 0) is 23.2 Å². The summed E-state index contributed by atoms with van der Waals surface area (Å²) in [5.74, 6) is 1.65. The standard InChI is InChI=1S/C17H25N3O2S/c1-12-7-8-14(19(12)2)9-18-16(21)15-10-23-11-20(15)17(22)13-5-3-4-6-13/h7-8,13,15H,3-6,9-11H2,1-2H3,(H,18,21)/t15-/m0/s1. The molecule has 1 aliphatic carbocycles. The number of aromatic nitrogens is 1. The molecule has 0 aromatic carbocycles. The number of rotatable bonds is 4. The van der Waals surface area contributed by atoms with E-state index in [2.05, 4.69) is 9.88 Å². The minimum atomic E-state index is -0.311. The first-order chi connectivity index (χ1) is 11.1. The summed E-state index contributed by atoms with van der Waals surface area (Å²) in [4.78, 5) is 27.0. The third kappa shape index (κ3) is 3.42. The van der Waals surface area contributed by atoms with Gasteiger partial charge in [0.25, 0.3) is 0 Å². The molecule has 2 amide bonds. The Labute approximate surface area is 141 Å². The molecule has 1 atom stereocenters. The third-order valence-corrected chi connectivity index (χ3v) is 6.11. The molecule has 6 heteroatoms. The number of carbonyl (C=O) groups excluding carboxylic acids is 2. The largest absolute Gasteiger partial charge is 0.350 e. The van der Waals surface area contributed by atoms with Crippen LogP contribution in [0.4, 0.5) is 0 Å². The van der Waals surface area contributed by atoms with Crippen LogP contribution in [0.1, 0.15) is 37.1 Å². The van der Waals surface area contributed by atoms with Gasteiger partial charge in [-0.25, -0.2) is 0 Å². The van der Waals surface area contributed by atoms with E-state index in [4.69, 9.17) is 0 Å². The van der Waals surface area contributed by atoms with Crippen molar-refractivity contribution in [2.75, 3.05) is 11.6 Å². The highest BCUT2D eigenvalue weighted by atomic mass is 32.2. The fourth-order valence-corrected chi connectivity index (χ4v) is 4.59. The first-order valence-electron chi connectivity index (χ1n) is 8.35. The zero-order valence-corrected chi connectivity index (χ0v) is 14.7. The van der Waals surface area contributed by atoms with Gasteiger partial charge >= 0.3 is 0 Å². The summed E-state index contributed by atoms with van der Waals surface area (Å²) < 4.78 is 2.07. The van der Waals surface area contributed by atoms with Crippen LogP contribution < -0.4 is 5.32 Å². The second-order valence-corrected chi connectivity index (χ2v) is 7.55. The first kappa shape index (κ1) is 16.4. The maximum absolute atomic E-state index is 12.6. The fourth-order valence-electron chi connectivity index (χ4n) is 3.42. The second kappa shape index (κ2) is 6.99. The maximum Gasteiger partial charge on any atom is 0.244 e. The number of hydrogen-bond acceptors (Lipinski definition) is 3. The Kier molecular flexibility index (Phi) is 4.99. The zero-order valence-electron chi connectivity index (χ0n) is 13.9. The minimum Gasteiger partial charge on any atom is -0.350 e. The summed E-state index contributed by atoms with van der Waals surface area (Å²) in [5, 5.41) is 3.00. The Hall–Kier alpha value is -1.43. The molecule has 126 valence electrons. The van der Waals surface area contributed by atoms with Crippen LogP contribution in [0.3, 0.4) is 0 Å². The van der Waals surface area contributed by atoms with Gasteiger partial charge < -0.3 is 14.8 Å². The molecule has 3 rings (SSSR count). The van der Waals surface area contributed by atoms with Crippen LogP contribution in [0.15, 0.2) is 12.1 Å². The van der Waals surface area contributed by atoms with Crippen molar-refractivity contribution in [1.29, 1.82) is 0 Å². The van der Waals surface area contributed by atoms with Crippen molar-refractivity contribution in [1.82, 2.24) is 14.8 Å². The number of nitrogens with zero attached hydrogens (tertiary/aromatic N) is 2. The van der Waals surface area contributed by atoms with Gasteiger partial charge in [0.05, 0.1) is 12.4 Å². The molecule has 2 aliphatic rings. The zero-order chi connectivity index (χ0) is 16.4. The Morgan fingerprint density at radius 3 is 2.70 bits per heavy atom. The molecule has 1 saturated carbocycles. The van der Waals surface area contributed by atoms with Gasteiger partial charge in [-0.05, 0) is 31.9 Å². The molecule has 1 saturated heterocycles. The van der Waals surface area contributed by atoms with E-state index in [0.717, 1.165) is 31.4 Å². The highest BCUT2D eigenvalue weighted by molar-refractivity contribution is 7.99. The van der Waals surface area contributed by atoms with Crippen molar-refractivity contribution in [3.8, 4) is 0 Å². The fraction of sp³-hybridized carbons (Fsp3) is 0.647. The molecule has 0 unspecified atom stereocenters. The monoisotopic (exact) mass is 335 g/mol. The molecule has 1 aliphatic heterocycles. The molecular formula is C17H25N3O2S. The number of thioether (sulfide) groups is 1. The molecule has 0 spiro atoms. The van der Waals surface area contributed by atoms with E-state index in [1.165, 1.54) is 5.69 Å². The quantitative estimate of drug-likeness (QED) is 0.916. The normalized spacial score (nSPS) is 21.8. The predicted octanol–water partition coefficient (Wildman–Crippen LogP) is 2.04. The molecule has 1 aromatic heterocycles. The van der Waals surface area contributed by atoms with Crippen molar-refractivity contribution >= 4 is 23.6 Å². The SMILES string of the molecule is Cc1ccc(CNC(=O)[C@@H]2CSCN2C(=O)C2CCCC2)n1C. The van der Waals surface area contributed by atoms with E-state index in [1.807, 2.05) is 26.1 Å². The number of nitrogens with one attached hydrogen (secondary N) is 1. The van der Waals surface area contributed by atoms with Crippen LogP contribution >= 0.6 is 11.8 Å². The highest BCUT2D eigenvalue weighted by Crippen LogP contribution is 2.30. The summed E-state index contributed by atoms with van der Waals surface area (Å²) in [5.41, 5.74) is 2.25. The average Bonchev–Trinajstić information content (AvgIpc) is 3.28. The lowest BCUT2D eigenvalue weighted by Crippen LogP contribution is -2.48. The van der Waals surface area contributed by atoms with Gasteiger partial charge in [0.2, 0.25) is 11.8 Å². The molecule has 2 heterocycles. The van der Waals surface area contributed by atoms with E-state index in [-0.39, 0.29) is 23.8 Å². The summed E-state index contributed by atoms with van der Waals surface area (Å²) >= 11 is 1.67. The van der Waals surface area contributed by atoms with E-state index >= 15 is 0 Å². The van der Waals surface area contributed by atoms with Gasteiger partial charge in [0.1, 0.15) is 6.04 Å². The van der Waals surface area contributed by atoms with Crippen molar-refractivity contribution in [2.24, 2.45) is 13.0 Å². The molecule has 1 N–H and O–H groups in total. The molecule has 0 bridgehead atoms.